The number of rotatable bonds is 24. The molecule has 11 nitrogen and oxygen atoms in total. The SMILES string of the molecule is Nc1ccccc1OCCOCCOCCOCCOCCOCCOCCNC(=O)OCc1ccccc1. The van der Waals surface area contributed by atoms with E-state index >= 15 is 0 Å². The smallest absolute Gasteiger partial charge is 0.407 e. The summed E-state index contributed by atoms with van der Waals surface area (Å²) < 4.78 is 43.3. The number of nitrogen functional groups attached to an aromatic ring is 1. The van der Waals surface area contributed by atoms with Crippen LogP contribution in [0.2, 0.25) is 0 Å². The van der Waals surface area contributed by atoms with E-state index < -0.39 is 6.09 Å². The summed E-state index contributed by atoms with van der Waals surface area (Å²) in [6, 6.07) is 16.9. The van der Waals surface area contributed by atoms with Crippen LogP contribution in [-0.2, 0) is 39.8 Å². The second-order valence-electron chi connectivity index (χ2n) is 8.05. The number of para-hydroxylation sites is 2. The Balaban J connectivity index is 1.21. The summed E-state index contributed by atoms with van der Waals surface area (Å²) in [5, 5.41) is 2.64. The zero-order valence-electron chi connectivity index (χ0n) is 22.6. The maximum atomic E-state index is 11.6. The normalized spacial score (nSPS) is 10.9. The van der Waals surface area contributed by atoms with Crippen molar-refractivity contribution in [3.63, 3.8) is 0 Å². The molecule has 0 bridgehead atoms. The Labute approximate surface area is 230 Å². The Morgan fingerprint density at radius 1 is 0.590 bits per heavy atom. The molecule has 0 radical (unpaired) electrons. The number of carbonyl (C=O) groups is 1. The average molecular weight is 551 g/mol. The number of alkyl carbamates (subject to hydrolysis) is 1. The molecule has 0 atom stereocenters. The van der Waals surface area contributed by atoms with Crippen molar-refractivity contribution in [2.45, 2.75) is 6.61 Å². The van der Waals surface area contributed by atoms with Crippen molar-refractivity contribution in [1.82, 2.24) is 5.32 Å². The monoisotopic (exact) mass is 550 g/mol. The Bertz CT molecular complexity index is 858. The van der Waals surface area contributed by atoms with Gasteiger partial charge in [-0.2, -0.15) is 0 Å². The van der Waals surface area contributed by atoms with Crippen LogP contribution in [-0.4, -0.2) is 98.5 Å². The van der Waals surface area contributed by atoms with Gasteiger partial charge in [-0.1, -0.05) is 42.5 Å². The Kier molecular flexibility index (Phi) is 19.0. The molecule has 0 aliphatic heterocycles. The first kappa shape index (κ1) is 32.3. The largest absolute Gasteiger partial charge is 0.489 e. The summed E-state index contributed by atoms with van der Waals surface area (Å²) in [7, 11) is 0. The summed E-state index contributed by atoms with van der Waals surface area (Å²) in [4.78, 5) is 11.6. The molecule has 0 aliphatic carbocycles. The van der Waals surface area contributed by atoms with Gasteiger partial charge < -0.3 is 48.9 Å². The summed E-state index contributed by atoms with van der Waals surface area (Å²) in [5.41, 5.74) is 7.36. The lowest BCUT2D eigenvalue weighted by Gasteiger charge is -2.10. The van der Waals surface area contributed by atoms with Crippen LogP contribution < -0.4 is 15.8 Å². The molecular formula is C28H42N2O9. The third-order valence-electron chi connectivity index (χ3n) is 4.99. The first-order chi connectivity index (χ1) is 19.3. The maximum Gasteiger partial charge on any atom is 0.407 e. The van der Waals surface area contributed by atoms with Crippen LogP contribution in [0.1, 0.15) is 5.56 Å². The zero-order chi connectivity index (χ0) is 27.6. The van der Waals surface area contributed by atoms with Gasteiger partial charge in [-0.15, -0.1) is 0 Å². The number of amides is 1. The molecule has 0 heterocycles. The number of hydrogen-bond acceptors (Lipinski definition) is 10. The second kappa shape index (κ2) is 23.0. The molecule has 0 saturated heterocycles. The molecule has 0 saturated carbocycles. The summed E-state index contributed by atoms with van der Waals surface area (Å²) >= 11 is 0. The van der Waals surface area contributed by atoms with E-state index in [1.54, 1.807) is 6.07 Å². The summed E-state index contributed by atoms with van der Waals surface area (Å²) in [6.45, 7) is 6.68. The number of benzene rings is 2. The molecule has 0 unspecified atom stereocenters. The first-order valence-electron chi connectivity index (χ1n) is 13.1. The number of nitrogens with one attached hydrogen (secondary N) is 1. The lowest BCUT2D eigenvalue weighted by Crippen LogP contribution is -2.28. The van der Waals surface area contributed by atoms with E-state index in [4.69, 9.17) is 43.6 Å². The van der Waals surface area contributed by atoms with Crippen molar-refractivity contribution in [2.75, 3.05) is 98.2 Å². The molecule has 0 fully saturated rings. The number of ether oxygens (including phenoxy) is 8. The van der Waals surface area contributed by atoms with E-state index in [0.717, 1.165) is 5.56 Å². The van der Waals surface area contributed by atoms with Crippen LogP contribution in [0.15, 0.2) is 54.6 Å². The molecule has 218 valence electrons. The Morgan fingerprint density at radius 3 is 1.59 bits per heavy atom. The molecule has 2 aromatic carbocycles. The van der Waals surface area contributed by atoms with Crippen molar-refractivity contribution >= 4 is 11.8 Å². The van der Waals surface area contributed by atoms with E-state index in [1.807, 2.05) is 48.5 Å². The minimum absolute atomic E-state index is 0.240. The number of hydrogen-bond donors (Lipinski definition) is 2. The van der Waals surface area contributed by atoms with Gasteiger partial charge in [0.05, 0.1) is 85.0 Å². The third kappa shape index (κ3) is 18.1. The van der Waals surface area contributed by atoms with Gasteiger partial charge in [0.2, 0.25) is 0 Å². The number of carbonyl (C=O) groups excluding carboxylic acids is 1. The zero-order valence-corrected chi connectivity index (χ0v) is 22.6. The van der Waals surface area contributed by atoms with E-state index in [2.05, 4.69) is 5.32 Å². The van der Waals surface area contributed by atoms with Crippen molar-refractivity contribution in [1.29, 1.82) is 0 Å². The topological polar surface area (TPSA) is 129 Å². The predicted octanol–water partition coefficient (Wildman–Crippen LogP) is 2.67. The molecule has 0 spiro atoms. The van der Waals surface area contributed by atoms with Gasteiger partial charge in [0.1, 0.15) is 19.0 Å². The van der Waals surface area contributed by atoms with Gasteiger partial charge in [0.25, 0.3) is 0 Å². The minimum atomic E-state index is -0.467. The fourth-order valence-corrected chi connectivity index (χ4v) is 3.02. The molecule has 2 rings (SSSR count). The molecule has 2 aromatic rings. The summed E-state index contributed by atoms with van der Waals surface area (Å²) in [6.07, 6.45) is -0.467. The first-order valence-corrected chi connectivity index (χ1v) is 13.1. The predicted molar refractivity (Wildman–Crippen MR) is 146 cm³/mol. The van der Waals surface area contributed by atoms with Gasteiger partial charge in [-0.05, 0) is 17.7 Å². The molecule has 3 N–H and O–H groups in total. The van der Waals surface area contributed by atoms with Crippen LogP contribution >= 0.6 is 0 Å². The highest BCUT2D eigenvalue weighted by molar-refractivity contribution is 5.67. The molecule has 11 heteroatoms. The number of nitrogens with two attached hydrogens (primary N) is 1. The summed E-state index contributed by atoms with van der Waals surface area (Å²) in [5.74, 6) is 0.665. The van der Waals surface area contributed by atoms with Gasteiger partial charge >= 0.3 is 6.09 Å². The molecular weight excluding hydrogens is 508 g/mol. The second-order valence-corrected chi connectivity index (χ2v) is 8.05. The van der Waals surface area contributed by atoms with Crippen LogP contribution in [0, 0.1) is 0 Å². The van der Waals surface area contributed by atoms with Crippen LogP contribution in [0.4, 0.5) is 10.5 Å². The van der Waals surface area contributed by atoms with Crippen molar-refractivity contribution in [3.8, 4) is 5.75 Å². The van der Waals surface area contributed by atoms with Crippen LogP contribution in [0.3, 0.4) is 0 Å². The highest BCUT2D eigenvalue weighted by Gasteiger charge is 2.02. The molecule has 39 heavy (non-hydrogen) atoms. The van der Waals surface area contributed by atoms with Gasteiger partial charge in [-0.3, -0.25) is 0 Å². The van der Waals surface area contributed by atoms with Crippen molar-refractivity contribution < 1.29 is 42.7 Å². The van der Waals surface area contributed by atoms with E-state index in [9.17, 15) is 4.79 Å². The highest BCUT2D eigenvalue weighted by Crippen LogP contribution is 2.19. The average Bonchev–Trinajstić information content (AvgIpc) is 2.96. The highest BCUT2D eigenvalue weighted by atomic mass is 16.6. The fourth-order valence-electron chi connectivity index (χ4n) is 3.02. The van der Waals surface area contributed by atoms with Crippen LogP contribution in [0.25, 0.3) is 0 Å². The molecule has 1 amide bonds. The van der Waals surface area contributed by atoms with Crippen molar-refractivity contribution in [2.24, 2.45) is 0 Å². The fraction of sp³-hybridized carbons (Fsp3) is 0.536. The lowest BCUT2D eigenvalue weighted by molar-refractivity contribution is -0.0176. The number of anilines is 1. The van der Waals surface area contributed by atoms with Gasteiger partial charge in [-0.25, -0.2) is 4.79 Å². The third-order valence-corrected chi connectivity index (χ3v) is 4.99. The Hall–Kier alpha value is -2.93. The van der Waals surface area contributed by atoms with Crippen molar-refractivity contribution in [3.05, 3.63) is 60.2 Å². The van der Waals surface area contributed by atoms with Gasteiger partial charge in [0.15, 0.2) is 0 Å². The minimum Gasteiger partial charge on any atom is -0.489 e. The van der Waals surface area contributed by atoms with E-state index in [0.29, 0.717) is 104 Å². The molecule has 0 aromatic heterocycles. The lowest BCUT2D eigenvalue weighted by atomic mass is 10.2. The molecule has 0 aliphatic rings. The van der Waals surface area contributed by atoms with Crippen LogP contribution in [0.5, 0.6) is 5.75 Å². The quantitative estimate of drug-likeness (QED) is 0.149. The Morgan fingerprint density at radius 2 is 1.05 bits per heavy atom. The standard InChI is InChI=1S/C28H42N2O9/c29-26-8-4-5-9-27(26)38-23-22-37-21-20-36-19-18-35-17-16-34-15-14-33-13-12-32-11-10-30-28(31)39-24-25-6-2-1-3-7-25/h1-9H,10-24,29H2,(H,30,31). The van der Waals surface area contributed by atoms with E-state index in [1.165, 1.54) is 0 Å². The van der Waals surface area contributed by atoms with Gasteiger partial charge in [0, 0.05) is 6.54 Å². The van der Waals surface area contributed by atoms with E-state index in [-0.39, 0.29) is 6.61 Å². The maximum absolute atomic E-state index is 11.6.